The van der Waals surface area contributed by atoms with Crippen LogP contribution in [-0.4, -0.2) is 33.5 Å². The molecule has 1 atom stereocenters. The van der Waals surface area contributed by atoms with Gasteiger partial charge in [0.2, 0.25) is 10.0 Å². The van der Waals surface area contributed by atoms with E-state index in [4.69, 9.17) is 11.6 Å². The summed E-state index contributed by atoms with van der Waals surface area (Å²) in [5.41, 5.74) is 2.54. The third-order valence-electron chi connectivity index (χ3n) is 5.62. The number of anilines is 1. The lowest BCUT2D eigenvalue weighted by molar-refractivity contribution is 0.102. The molecule has 3 N–H and O–H groups in total. The molecule has 2 aromatic carbocycles. The number of piperidine rings is 1. The second-order valence-electron chi connectivity index (χ2n) is 7.89. The van der Waals surface area contributed by atoms with Crippen LogP contribution in [0.2, 0.25) is 5.02 Å². The Labute approximate surface area is 183 Å². The van der Waals surface area contributed by atoms with Crippen LogP contribution in [-0.2, 0) is 10.0 Å². The van der Waals surface area contributed by atoms with Crippen LogP contribution in [0.3, 0.4) is 0 Å². The minimum Gasteiger partial charge on any atom is -0.322 e. The maximum atomic E-state index is 12.8. The molecule has 162 valence electrons. The number of carbonyl (C=O) groups is 1. The van der Waals surface area contributed by atoms with Crippen molar-refractivity contribution in [1.82, 2.24) is 10.0 Å². The van der Waals surface area contributed by atoms with Crippen LogP contribution >= 0.6 is 11.6 Å². The van der Waals surface area contributed by atoms with E-state index in [1.165, 1.54) is 6.07 Å². The molecular formula is C22H28ClN3O3S. The summed E-state index contributed by atoms with van der Waals surface area (Å²) in [4.78, 5) is 12.8. The topological polar surface area (TPSA) is 87.3 Å². The van der Waals surface area contributed by atoms with Crippen molar-refractivity contribution >= 4 is 33.2 Å². The van der Waals surface area contributed by atoms with Crippen molar-refractivity contribution in [3.8, 4) is 0 Å². The Morgan fingerprint density at radius 3 is 2.43 bits per heavy atom. The fourth-order valence-electron chi connectivity index (χ4n) is 3.77. The molecule has 0 radical (unpaired) electrons. The van der Waals surface area contributed by atoms with Gasteiger partial charge in [0, 0.05) is 22.3 Å². The minimum atomic E-state index is -3.64. The number of aryl methyl sites for hydroxylation is 2. The molecule has 1 unspecified atom stereocenters. The highest BCUT2D eigenvalue weighted by Gasteiger charge is 2.25. The highest BCUT2D eigenvalue weighted by Crippen LogP contribution is 2.23. The summed E-state index contributed by atoms with van der Waals surface area (Å²) >= 11 is 5.95. The lowest BCUT2D eigenvalue weighted by Gasteiger charge is -2.28. The van der Waals surface area contributed by atoms with Gasteiger partial charge >= 0.3 is 0 Å². The molecule has 0 aliphatic carbocycles. The summed E-state index contributed by atoms with van der Waals surface area (Å²) < 4.78 is 28.5. The molecule has 1 saturated heterocycles. The van der Waals surface area contributed by atoms with E-state index < -0.39 is 10.0 Å². The van der Waals surface area contributed by atoms with E-state index in [1.807, 2.05) is 13.8 Å². The van der Waals surface area contributed by atoms with Gasteiger partial charge in [-0.3, -0.25) is 4.79 Å². The highest BCUT2D eigenvalue weighted by atomic mass is 35.5. The smallest absolute Gasteiger partial charge is 0.255 e. The van der Waals surface area contributed by atoms with Gasteiger partial charge in [0.25, 0.3) is 5.91 Å². The van der Waals surface area contributed by atoms with Crippen molar-refractivity contribution in [2.24, 2.45) is 5.92 Å². The molecule has 1 heterocycles. The van der Waals surface area contributed by atoms with Crippen molar-refractivity contribution < 1.29 is 13.2 Å². The normalized spacial score (nSPS) is 16.3. The number of hydrogen-bond acceptors (Lipinski definition) is 4. The van der Waals surface area contributed by atoms with Gasteiger partial charge in [-0.15, -0.1) is 0 Å². The Morgan fingerprint density at radius 1 is 1.10 bits per heavy atom. The second kappa shape index (κ2) is 9.47. The van der Waals surface area contributed by atoms with Gasteiger partial charge in [-0.25, -0.2) is 13.1 Å². The van der Waals surface area contributed by atoms with Crippen LogP contribution in [0.4, 0.5) is 5.69 Å². The van der Waals surface area contributed by atoms with Crippen LogP contribution in [0.5, 0.6) is 0 Å². The number of benzene rings is 2. The van der Waals surface area contributed by atoms with Gasteiger partial charge in [0.1, 0.15) is 0 Å². The fourth-order valence-corrected chi connectivity index (χ4v) is 5.39. The summed E-state index contributed by atoms with van der Waals surface area (Å²) in [5.74, 6) is 0.0591. The number of hydrogen-bond donors (Lipinski definition) is 3. The van der Waals surface area contributed by atoms with Gasteiger partial charge in [-0.05, 0) is 100 Å². The molecule has 6 nitrogen and oxygen atoms in total. The van der Waals surface area contributed by atoms with Gasteiger partial charge in [-0.2, -0.15) is 0 Å². The summed E-state index contributed by atoms with van der Waals surface area (Å²) in [5, 5.41) is 6.72. The molecule has 0 spiro atoms. The zero-order chi connectivity index (χ0) is 21.9. The molecule has 1 fully saturated rings. The molecule has 0 aromatic heterocycles. The summed E-state index contributed by atoms with van der Waals surface area (Å²) in [6.45, 7) is 7.34. The average molecular weight is 450 g/mol. The Hall–Kier alpha value is -1.93. The van der Waals surface area contributed by atoms with E-state index in [1.54, 1.807) is 37.3 Å². The first kappa shape index (κ1) is 22.7. The summed E-state index contributed by atoms with van der Waals surface area (Å²) in [7, 11) is -3.64. The molecule has 8 heteroatoms. The Balaban J connectivity index is 1.73. The van der Waals surface area contributed by atoms with Crippen LogP contribution < -0.4 is 15.4 Å². The van der Waals surface area contributed by atoms with E-state index in [0.717, 1.165) is 31.5 Å². The minimum absolute atomic E-state index is 0.135. The first-order valence-electron chi connectivity index (χ1n) is 10.1. The Kier molecular flexibility index (Phi) is 7.18. The number of rotatable bonds is 6. The lowest BCUT2D eigenvalue weighted by Crippen LogP contribution is -2.42. The van der Waals surface area contributed by atoms with Gasteiger partial charge < -0.3 is 10.6 Å². The molecule has 2 aromatic rings. The van der Waals surface area contributed by atoms with E-state index in [2.05, 4.69) is 15.4 Å². The van der Waals surface area contributed by atoms with Crippen molar-refractivity contribution in [2.45, 2.75) is 44.6 Å². The van der Waals surface area contributed by atoms with Crippen molar-refractivity contribution in [1.29, 1.82) is 0 Å². The number of amides is 1. The van der Waals surface area contributed by atoms with Crippen LogP contribution in [0.1, 0.15) is 41.3 Å². The van der Waals surface area contributed by atoms with E-state index in [0.29, 0.717) is 27.8 Å². The van der Waals surface area contributed by atoms with E-state index >= 15 is 0 Å². The predicted octanol–water partition coefficient (Wildman–Crippen LogP) is 3.88. The summed E-state index contributed by atoms with van der Waals surface area (Å²) in [6.07, 6.45) is 1.91. The van der Waals surface area contributed by atoms with E-state index in [9.17, 15) is 13.2 Å². The molecule has 1 aliphatic rings. The lowest BCUT2D eigenvalue weighted by atomic mass is 9.92. The number of nitrogens with one attached hydrogen (secondary N) is 3. The SMILES string of the molecule is Cc1cc(S(=O)(=O)NC(C)C2CCNCC2)ccc1NC(=O)c1ccc(Cl)cc1C. The molecular weight excluding hydrogens is 422 g/mol. The van der Waals surface area contributed by atoms with Crippen molar-refractivity contribution in [3.63, 3.8) is 0 Å². The maximum absolute atomic E-state index is 12.8. The summed E-state index contributed by atoms with van der Waals surface area (Å²) in [6, 6.07) is 9.67. The van der Waals surface area contributed by atoms with Gasteiger partial charge in [-0.1, -0.05) is 11.6 Å². The number of sulfonamides is 1. The molecule has 30 heavy (non-hydrogen) atoms. The van der Waals surface area contributed by atoms with Crippen LogP contribution in [0.25, 0.3) is 0 Å². The largest absolute Gasteiger partial charge is 0.322 e. The molecule has 3 rings (SSSR count). The number of halogens is 1. The van der Waals surface area contributed by atoms with Gasteiger partial charge in [0.15, 0.2) is 0 Å². The third-order valence-corrected chi connectivity index (χ3v) is 7.41. The first-order chi connectivity index (χ1) is 14.2. The molecule has 1 amide bonds. The standard InChI is InChI=1S/C22H28ClN3O3S/c1-14-12-18(23)4-6-20(14)22(27)25-21-7-5-19(13-15(21)2)30(28,29)26-16(3)17-8-10-24-11-9-17/h4-7,12-13,16-17,24,26H,8-11H2,1-3H3,(H,25,27). The van der Waals surface area contributed by atoms with E-state index in [-0.39, 0.29) is 16.8 Å². The molecule has 0 bridgehead atoms. The van der Waals surface area contributed by atoms with Crippen LogP contribution in [0, 0.1) is 19.8 Å². The zero-order valence-corrected chi connectivity index (χ0v) is 19.0. The molecule has 0 saturated carbocycles. The predicted molar refractivity (Wildman–Crippen MR) is 121 cm³/mol. The maximum Gasteiger partial charge on any atom is 0.255 e. The number of carbonyl (C=O) groups excluding carboxylic acids is 1. The Bertz CT molecular complexity index is 1030. The quantitative estimate of drug-likeness (QED) is 0.624. The molecule has 1 aliphatic heterocycles. The monoisotopic (exact) mass is 449 g/mol. The van der Waals surface area contributed by atoms with Crippen molar-refractivity contribution in [3.05, 3.63) is 58.1 Å². The zero-order valence-electron chi connectivity index (χ0n) is 17.5. The van der Waals surface area contributed by atoms with Crippen molar-refractivity contribution in [2.75, 3.05) is 18.4 Å². The fraction of sp³-hybridized carbons (Fsp3) is 0.409. The van der Waals surface area contributed by atoms with Gasteiger partial charge in [0.05, 0.1) is 4.90 Å². The third kappa shape index (κ3) is 5.40. The van der Waals surface area contributed by atoms with Crippen LogP contribution in [0.15, 0.2) is 41.3 Å². The second-order valence-corrected chi connectivity index (χ2v) is 10.0. The Morgan fingerprint density at radius 2 is 1.80 bits per heavy atom. The average Bonchev–Trinajstić information content (AvgIpc) is 2.69. The highest BCUT2D eigenvalue weighted by molar-refractivity contribution is 7.89. The first-order valence-corrected chi connectivity index (χ1v) is 11.9.